The minimum Gasteiger partial charge on any atom is -0.497 e. The summed E-state index contributed by atoms with van der Waals surface area (Å²) >= 11 is 0. The highest BCUT2D eigenvalue weighted by atomic mass is 19.2. The monoisotopic (exact) mass is 420 g/mol. The minimum atomic E-state index is -1.09. The highest BCUT2D eigenvalue weighted by Crippen LogP contribution is 2.35. The minimum absolute atomic E-state index is 0.0348. The first-order valence-corrected chi connectivity index (χ1v) is 9.37. The molecule has 0 aliphatic carbocycles. The van der Waals surface area contributed by atoms with Crippen molar-refractivity contribution < 1.29 is 23.0 Å². The fourth-order valence-electron chi connectivity index (χ4n) is 3.05. The SMILES string of the molecule is COc1ccc(-c2cc(Oc3cccc(F)c3F)nnc2-c2ccc(OC)cc2)cc1. The van der Waals surface area contributed by atoms with Gasteiger partial charge in [-0.25, -0.2) is 4.39 Å². The molecule has 0 N–H and O–H groups in total. The Bertz CT molecular complexity index is 1200. The lowest BCUT2D eigenvalue weighted by Gasteiger charge is -2.12. The summed E-state index contributed by atoms with van der Waals surface area (Å²) in [5, 5.41) is 8.37. The number of rotatable bonds is 6. The molecular formula is C24H18F2N2O3. The molecule has 0 radical (unpaired) electrons. The molecule has 5 nitrogen and oxygen atoms in total. The van der Waals surface area contributed by atoms with Crippen LogP contribution in [0, 0.1) is 11.6 Å². The summed E-state index contributed by atoms with van der Waals surface area (Å²) in [7, 11) is 3.18. The van der Waals surface area contributed by atoms with Gasteiger partial charge in [0.15, 0.2) is 11.6 Å². The molecule has 0 aliphatic rings. The van der Waals surface area contributed by atoms with Crippen molar-refractivity contribution in [2.45, 2.75) is 0 Å². The van der Waals surface area contributed by atoms with Crippen LogP contribution in [0.1, 0.15) is 0 Å². The zero-order chi connectivity index (χ0) is 21.8. The van der Waals surface area contributed by atoms with Crippen molar-refractivity contribution in [1.82, 2.24) is 10.2 Å². The number of hydrogen-bond donors (Lipinski definition) is 0. The van der Waals surface area contributed by atoms with Crippen LogP contribution in [0.2, 0.25) is 0 Å². The highest BCUT2D eigenvalue weighted by molar-refractivity contribution is 5.81. The molecule has 0 saturated heterocycles. The second-order valence-corrected chi connectivity index (χ2v) is 6.56. The Labute approximate surface area is 177 Å². The van der Waals surface area contributed by atoms with Crippen molar-refractivity contribution in [3.05, 3.63) is 84.4 Å². The molecule has 7 heteroatoms. The molecule has 0 fully saturated rings. The Morgan fingerprint density at radius 1 is 0.710 bits per heavy atom. The van der Waals surface area contributed by atoms with Gasteiger partial charge in [-0.15, -0.1) is 10.2 Å². The maximum absolute atomic E-state index is 14.0. The predicted octanol–water partition coefficient (Wildman–Crippen LogP) is 5.90. The molecule has 0 aliphatic heterocycles. The first-order valence-electron chi connectivity index (χ1n) is 9.37. The fraction of sp³-hybridized carbons (Fsp3) is 0.0833. The third-order valence-electron chi connectivity index (χ3n) is 4.67. The molecule has 0 atom stereocenters. The second kappa shape index (κ2) is 8.79. The zero-order valence-corrected chi connectivity index (χ0v) is 16.8. The van der Waals surface area contributed by atoms with E-state index in [1.165, 1.54) is 12.1 Å². The van der Waals surface area contributed by atoms with Gasteiger partial charge in [-0.1, -0.05) is 18.2 Å². The Morgan fingerprint density at radius 2 is 1.32 bits per heavy atom. The van der Waals surface area contributed by atoms with Crippen molar-refractivity contribution in [3.8, 4) is 45.5 Å². The number of hydrogen-bond acceptors (Lipinski definition) is 5. The number of aromatic nitrogens is 2. The largest absolute Gasteiger partial charge is 0.497 e. The van der Waals surface area contributed by atoms with Crippen LogP contribution >= 0.6 is 0 Å². The van der Waals surface area contributed by atoms with E-state index in [0.29, 0.717) is 22.8 Å². The molecule has 4 aromatic rings. The molecule has 1 heterocycles. The third-order valence-corrected chi connectivity index (χ3v) is 4.67. The smallest absolute Gasteiger partial charge is 0.239 e. The molecule has 3 aromatic carbocycles. The van der Waals surface area contributed by atoms with E-state index in [1.54, 1.807) is 20.3 Å². The molecule has 0 unspecified atom stereocenters. The van der Waals surface area contributed by atoms with E-state index < -0.39 is 11.6 Å². The van der Waals surface area contributed by atoms with Gasteiger partial charge in [-0.3, -0.25) is 0 Å². The van der Waals surface area contributed by atoms with Crippen LogP contribution in [-0.2, 0) is 0 Å². The van der Waals surface area contributed by atoms with Gasteiger partial charge >= 0.3 is 0 Å². The summed E-state index contributed by atoms with van der Waals surface area (Å²) < 4.78 is 43.5. The molecule has 4 rings (SSSR count). The van der Waals surface area contributed by atoms with E-state index in [4.69, 9.17) is 14.2 Å². The Kier molecular flexibility index (Phi) is 5.75. The highest BCUT2D eigenvalue weighted by Gasteiger charge is 2.16. The molecule has 1 aromatic heterocycles. The average molecular weight is 420 g/mol. The number of methoxy groups -OCH3 is 2. The van der Waals surface area contributed by atoms with Crippen molar-refractivity contribution >= 4 is 0 Å². The van der Waals surface area contributed by atoms with Gasteiger partial charge in [0, 0.05) is 17.2 Å². The lowest BCUT2D eigenvalue weighted by Crippen LogP contribution is -1.98. The first kappa shape index (κ1) is 20.3. The summed E-state index contributed by atoms with van der Waals surface area (Å²) in [6, 6.07) is 20.1. The van der Waals surface area contributed by atoms with E-state index in [2.05, 4.69) is 10.2 Å². The van der Waals surface area contributed by atoms with E-state index in [0.717, 1.165) is 17.2 Å². The van der Waals surface area contributed by atoms with Gasteiger partial charge in [-0.2, -0.15) is 4.39 Å². The number of benzene rings is 3. The number of ether oxygens (including phenoxy) is 3. The molecule has 0 amide bonds. The van der Waals surface area contributed by atoms with E-state index in [1.807, 2.05) is 48.5 Å². The summed E-state index contributed by atoms with van der Waals surface area (Å²) in [5.74, 6) is -0.913. The maximum Gasteiger partial charge on any atom is 0.239 e. The number of halogens is 2. The molecule has 0 bridgehead atoms. The van der Waals surface area contributed by atoms with Crippen molar-refractivity contribution in [1.29, 1.82) is 0 Å². The van der Waals surface area contributed by atoms with E-state index in [-0.39, 0.29) is 11.6 Å². The third kappa shape index (κ3) is 4.30. The van der Waals surface area contributed by atoms with Crippen LogP contribution in [0.25, 0.3) is 22.4 Å². The number of nitrogens with zero attached hydrogens (tertiary/aromatic N) is 2. The van der Waals surface area contributed by atoms with Crippen LogP contribution in [0.5, 0.6) is 23.1 Å². The molecule has 0 saturated carbocycles. The maximum atomic E-state index is 14.0. The average Bonchev–Trinajstić information content (AvgIpc) is 2.82. The summed E-state index contributed by atoms with van der Waals surface area (Å²) in [5.41, 5.74) is 2.93. The van der Waals surface area contributed by atoms with Gasteiger partial charge in [-0.05, 0) is 54.1 Å². The molecular weight excluding hydrogens is 402 g/mol. The normalized spacial score (nSPS) is 10.6. The van der Waals surface area contributed by atoms with Crippen LogP contribution in [0.4, 0.5) is 8.78 Å². The predicted molar refractivity (Wildman–Crippen MR) is 112 cm³/mol. The van der Waals surface area contributed by atoms with Gasteiger partial charge < -0.3 is 14.2 Å². The lowest BCUT2D eigenvalue weighted by atomic mass is 10.00. The quantitative estimate of drug-likeness (QED) is 0.389. The summed E-state index contributed by atoms with van der Waals surface area (Å²) in [4.78, 5) is 0. The van der Waals surface area contributed by atoms with Crippen molar-refractivity contribution in [2.75, 3.05) is 14.2 Å². The van der Waals surface area contributed by atoms with E-state index >= 15 is 0 Å². The molecule has 31 heavy (non-hydrogen) atoms. The van der Waals surface area contributed by atoms with Crippen LogP contribution in [0.3, 0.4) is 0 Å². The van der Waals surface area contributed by atoms with Gasteiger partial charge in [0.2, 0.25) is 11.7 Å². The summed E-state index contributed by atoms with van der Waals surface area (Å²) in [6.45, 7) is 0. The fourth-order valence-corrected chi connectivity index (χ4v) is 3.05. The Balaban J connectivity index is 1.79. The standard InChI is InChI=1S/C24H18F2N2O3/c1-29-17-10-6-15(7-11-17)19-14-22(31-21-5-3-4-20(25)23(21)26)27-28-24(19)16-8-12-18(30-2)13-9-16/h3-14H,1-2H3. The van der Waals surface area contributed by atoms with Gasteiger partial charge in [0.05, 0.1) is 14.2 Å². The van der Waals surface area contributed by atoms with Crippen molar-refractivity contribution in [3.63, 3.8) is 0 Å². The first-order chi connectivity index (χ1) is 15.1. The Morgan fingerprint density at radius 3 is 1.94 bits per heavy atom. The second-order valence-electron chi connectivity index (χ2n) is 6.56. The van der Waals surface area contributed by atoms with Gasteiger partial charge in [0.25, 0.3) is 0 Å². The van der Waals surface area contributed by atoms with Crippen LogP contribution in [0.15, 0.2) is 72.8 Å². The molecule has 0 spiro atoms. The summed E-state index contributed by atoms with van der Waals surface area (Å²) in [6.07, 6.45) is 0. The molecule has 156 valence electrons. The van der Waals surface area contributed by atoms with Crippen LogP contribution < -0.4 is 14.2 Å². The lowest BCUT2D eigenvalue weighted by molar-refractivity contribution is 0.402. The zero-order valence-electron chi connectivity index (χ0n) is 16.8. The van der Waals surface area contributed by atoms with E-state index in [9.17, 15) is 8.78 Å². The van der Waals surface area contributed by atoms with Crippen LogP contribution in [-0.4, -0.2) is 24.4 Å². The Hall–Kier alpha value is -4.00. The van der Waals surface area contributed by atoms with Gasteiger partial charge in [0.1, 0.15) is 17.2 Å². The topological polar surface area (TPSA) is 53.5 Å². The van der Waals surface area contributed by atoms with Crippen molar-refractivity contribution in [2.24, 2.45) is 0 Å².